The molecule has 0 saturated carbocycles. The van der Waals surface area contributed by atoms with Crippen LogP contribution in [0.2, 0.25) is 0 Å². The van der Waals surface area contributed by atoms with E-state index in [1.807, 2.05) is 0 Å². The molecule has 0 amide bonds. The Morgan fingerprint density at radius 2 is 0.977 bits per heavy atom. The summed E-state index contributed by atoms with van der Waals surface area (Å²) in [5, 5.41) is 5.40. The molecule has 0 unspecified atom stereocenters. The van der Waals surface area contributed by atoms with Gasteiger partial charge in [0.05, 0.1) is 0 Å². The van der Waals surface area contributed by atoms with Crippen molar-refractivity contribution in [3.63, 3.8) is 0 Å². The first-order valence-corrected chi connectivity index (χ1v) is 15.4. The third kappa shape index (κ3) is 3.63. The van der Waals surface area contributed by atoms with Gasteiger partial charge in [-0.25, -0.2) is 0 Å². The number of allylic oxidation sites excluding steroid dienone is 3. The van der Waals surface area contributed by atoms with E-state index in [0.29, 0.717) is 0 Å². The Balaban J connectivity index is 1.34. The first kappa shape index (κ1) is 24.6. The van der Waals surface area contributed by atoms with Gasteiger partial charge in [0.25, 0.3) is 0 Å². The van der Waals surface area contributed by atoms with E-state index in [4.69, 9.17) is 0 Å². The van der Waals surface area contributed by atoms with Crippen LogP contribution >= 0.6 is 0 Å². The fourth-order valence-corrected chi connectivity index (χ4v) is 8.04. The van der Waals surface area contributed by atoms with E-state index in [-0.39, 0.29) is 5.41 Å². The number of rotatable bonds is 3. The predicted octanol–water partition coefficient (Wildman–Crippen LogP) is 11.0. The third-order valence-electron chi connectivity index (χ3n) is 10.1. The molecule has 0 heteroatoms. The van der Waals surface area contributed by atoms with Crippen molar-refractivity contribution >= 4 is 56.5 Å². The molecule has 3 aliphatic rings. The van der Waals surface area contributed by atoms with Gasteiger partial charge in [0.15, 0.2) is 0 Å². The average molecular weight is 549 g/mol. The van der Waals surface area contributed by atoms with Crippen LogP contribution in [0.1, 0.15) is 63.9 Å². The molecule has 204 valence electrons. The van der Waals surface area contributed by atoms with Crippen molar-refractivity contribution in [3.05, 3.63) is 165 Å². The second kappa shape index (κ2) is 9.03. The average Bonchev–Trinajstić information content (AvgIpc) is 3.73. The summed E-state index contributed by atoms with van der Waals surface area (Å²) < 4.78 is 0. The molecule has 0 fully saturated rings. The van der Waals surface area contributed by atoms with E-state index in [0.717, 1.165) is 12.8 Å². The van der Waals surface area contributed by atoms with Crippen molar-refractivity contribution in [2.45, 2.75) is 32.1 Å². The van der Waals surface area contributed by atoms with Gasteiger partial charge >= 0.3 is 0 Å². The zero-order valence-electron chi connectivity index (χ0n) is 24.6. The normalized spacial score (nSPS) is 16.1. The summed E-state index contributed by atoms with van der Waals surface area (Å²) in [6, 6.07) is 43.0. The van der Waals surface area contributed by atoms with Crippen molar-refractivity contribution in [2.75, 3.05) is 0 Å². The fourth-order valence-electron chi connectivity index (χ4n) is 8.04. The monoisotopic (exact) mass is 548 g/mol. The van der Waals surface area contributed by atoms with Crippen molar-refractivity contribution in [1.29, 1.82) is 0 Å². The molecule has 0 aromatic heterocycles. The van der Waals surface area contributed by atoms with Crippen LogP contribution in [0, 0.1) is 0 Å². The van der Waals surface area contributed by atoms with Crippen LogP contribution in [0.4, 0.5) is 0 Å². The van der Waals surface area contributed by atoms with Crippen molar-refractivity contribution in [1.82, 2.24) is 0 Å². The molecule has 0 spiro atoms. The molecule has 0 N–H and O–H groups in total. The number of fused-ring (bicyclic) bond motifs is 5. The van der Waals surface area contributed by atoms with Gasteiger partial charge < -0.3 is 0 Å². The molecule has 0 bridgehead atoms. The van der Waals surface area contributed by atoms with Crippen LogP contribution in [0.3, 0.4) is 0 Å². The maximum Gasteiger partial charge on any atom is 0.0158 e. The van der Waals surface area contributed by atoms with E-state index in [1.54, 1.807) is 0 Å². The minimum atomic E-state index is -0.0530. The Labute approximate surface area is 253 Å². The van der Waals surface area contributed by atoms with Crippen molar-refractivity contribution in [3.8, 4) is 0 Å². The molecule has 3 aliphatic carbocycles. The van der Waals surface area contributed by atoms with E-state index in [9.17, 15) is 0 Å². The number of hydrogen-bond donors (Lipinski definition) is 0. The SMILES string of the molecule is CC1(C)C(c2ccc3c(C4=Cc5ccccc5C4)c4ccccc4c(C4=Cc5ccccc5C4)c3c2)=Cc2ccccc21. The zero-order chi connectivity index (χ0) is 28.7. The topological polar surface area (TPSA) is 0 Å². The minimum Gasteiger partial charge on any atom is -0.0619 e. The molecule has 6 aromatic rings. The summed E-state index contributed by atoms with van der Waals surface area (Å²) in [5.74, 6) is 0. The van der Waals surface area contributed by atoms with E-state index >= 15 is 0 Å². The Morgan fingerprint density at radius 3 is 1.58 bits per heavy atom. The first-order valence-electron chi connectivity index (χ1n) is 15.4. The smallest absolute Gasteiger partial charge is 0.0158 e. The second-order valence-corrected chi connectivity index (χ2v) is 12.9. The predicted molar refractivity (Wildman–Crippen MR) is 185 cm³/mol. The summed E-state index contributed by atoms with van der Waals surface area (Å²) in [4.78, 5) is 0. The fraction of sp³-hybridized carbons (Fsp3) is 0.116. The summed E-state index contributed by atoms with van der Waals surface area (Å²) in [6.45, 7) is 4.75. The standard InChI is InChI=1S/C43H32/c1-43(2)39-18-10-7-15-31(39)26-40(43)32-19-20-37-38(25-32)42(34-23-29-13-5-6-14-30(29)24-34)36-17-9-8-16-35(36)41(37)33-21-27-11-3-4-12-28(27)22-33/h3-21,23,25-26H,22,24H2,1-2H3. The molecule has 0 atom stereocenters. The van der Waals surface area contributed by atoms with Crippen LogP contribution in [0.5, 0.6) is 0 Å². The molecule has 0 aliphatic heterocycles. The maximum atomic E-state index is 2.51. The Kier molecular flexibility index (Phi) is 5.17. The molecular formula is C43H32. The van der Waals surface area contributed by atoms with Crippen LogP contribution in [0.25, 0.3) is 56.5 Å². The van der Waals surface area contributed by atoms with Crippen LogP contribution in [-0.2, 0) is 18.3 Å². The highest BCUT2D eigenvalue weighted by Gasteiger charge is 2.34. The van der Waals surface area contributed by atoms with E-state index in [1.165, 1.54) is 88.3 Å². The number of benzene rings is 6. The van der Waals surface area contributed by atoms with Crippen LogP contribution < -0.4 is 0 Å². The highest BCUT2D eigenvalue weighted by Crippen LogP contribution is 2.49. The molecule has 0 saturated heterocycles. The molecule has 0 radical (unpaired) electrons. The molecule has 6 aromatic carbocycles. The minimum absolute atomic E-state index is 0.0530. The van der Waals surface area contributed by atoms with Gasteiger partial charge in [0.2, 0.25) is 0 Å². The van der Waals surface area contributed by atoms with Gasteiger partial charge in [-0.2, -0.15) is 0 Å². The first-order chi connectivity index (χ1) is 21.1. The quantitative estimate of drug-likeness (QED) is 0.193. The lowest BCUT2D eigenvalue weighted by molar-refractivity contribution is 0.704. The van der Waals surface area contributed by atoms with E-state index < -0.39 is 0 Å². The van der Waals surface area contributed by atoms with Gasteiger partial charge in [0.1, 0.15) is 0 Å². The van der Waals surface area contributed by atoms with Crippen molar-refractivity contribution in [2.24, 2.45) is 0 Å². The third-order valence-corrected chi connectivity index (χ3v) is 10.1. The molecule has 0 nitrogen and oxygen atoms in total. The summed E-state index contributed by atoms with van der Waals surface area (Å²) >= 11 is 0. The molecule has 43 heavy (non-hydrogen) atoms. The lowest BCUT2D eigenvalue weighted by Gasteiger charge is -2.26. The second-order valence-electron chi connectivity index (χ2n) is 12.9. The van der Waals surface area contributed by atoms with E-state index in [2.05, 4.69) is 147 Å². The molecule has 0 heterocycles. The molecule has 9 rings (SSSR count). The number of hydrogen-bond acceptors (Lipinski definition) is 0. The van der Waals surface area contributed by atoms with Gasteiger partial charge in [-0.15, -0.1) is 0 Å². The Hall–Kier alpha value is -4.94. The summed E-state index contributed by atoms with van der Waals surface area (Å²) in [5.41, 5.74) is 16.5. The van der Waals surface area contributed by atoms with Gasteiger partial charge in [0, 0.05) is 5.41 Å². The van der Waals surface area contributed by atoms with Gasteiger partial charge in [-0.3, -0.25) is 0 Å². The van der Waals surface area contributed by atoms with Gasteiger partial charge in [-0.1, -0.05) is 135 Å². The van der Waals surface area contributed by atoms with Crippen LogP contribution in [-0.4, -0.2) is 0 Å². The highest BCUT2D eigenvalue weighted by molar-refractivity contribution is 6.20. The van der Waals surface area contributed by atoms with Gasteiger partial charge in [-0.05, 0) is 113 Å². The highest BCUT2D eigenvalue weighted by atomic mass is 14.4. The largest absolute Gasteiger partial charge is 0.0619 e. The van der Waals surface area contributed by atoms with Crippen LogP contribution in [0.15, 0.2) is 115 Å². The summed E-state index contributed by atoms with van der Waals surface area (Å²) in [7, 11) is 0. The lowest BCUT2D eigenvalue weighted by atomic mass is 9.77. The summed E-state index contributed by atoms with van der Waals surface area (Å²) in [6.07, 6.45) is 9.21. The maximum absolute atomic E-state index is 2.51. The molecular weight excluding hydrogens is 516 g/mol. The van der Waals surface area contributed by atoms with Crippen molar-refractivity contribution < 1.29 is 0 Å². The zero-order valence-corrected chi connectivity index (χ0v) is 24.6. The Morgan fingerprint density at radius 1 is 0.465 bits per heavy atom. The lowest BCUT2D eigenvalue weighted by Crippen LogP contribution is -2.16. The Bertz CT molecular complexity index is 2250.